The van der Waals surface area contributed by atoms with Crippen LogP contribution in [0.3, 0.4) is 0 Å². The maximum atomic E-state index is 12.2. The summed E-state index contributed by atoms with van der Waals surface area (Å²) in [5, 5.41) is 11.8. The van der Waals surface area contributed by atoms with Crippen molar-refractivity contribution in [2.45, 2.75) is 0 Å². The zero-order valence-corrected chi connectivity index (χ0v) is 14.6. The summed E-state index contributed by atoms with van der Waals surface area (Å²) in [6.07, 6.45) is 1.19. The molecular formula is C15H15BrN4O4. The molecule has 1 aliphatic rings. The Bertz CT molecular complexity index is 957. The monoisotopic (exact) mass is 394 g/mol. The predicted octanol–water partition coefficient (Wildman–Crippen LogP) is 0.296. The van der Waals surface area contributed by atoms with E-state index in [2.05, 4.69) is 21.2 Å². The van der Waals surface area contributed by atoms with Gasteiger partial charge in [-0.3, -0.25) is 23.6 Å². The van der Waals surface area contributed by atoms with Gasteiger partial charge in [-0.15, -0.1) is 0 Å². The number of rotatable bonds is 4. The number of carbonyl (C=O) groups is 2. The van der Waals surface area contributed by atoms with E-state index in [1.807, 2.05) is 0 Å². The van der Waals surface area contributed by atoms with Crippen LogP contribution in [-0.4, -0.2) is 44.1 Å². The van der Waals surface area contributed by atoms with Gasteiger partial charge in [0, 0.05) is 24.6 Å². The van der Waals surface area contributed by atoms with Crippen LogP contribution in [-0.2, 0) is 23.7 Å². The zero-order chi connectivity index (χ0) is 17.6. The number of nitrogens with one attached hydrogen (secondary N) is 1. The van der Waals surface area contributed by atoms with Crippen LogP contribution in [0.25, 0.3) is 11.0 Å². The van der Waals surface area contributed by atoms with Crippen LogP contribution in [0, 0.1) is 0 Å². The smallest absolute Gasteiger partial charge is 0.328 e. The molecule has 0 fully saturated rings. The highest BCUT2D eigenvalue weighted by Crippen LogP contribution is 2.29. The number of hydrogen-bond acceptors (Lipinski definition) is 5. The first kappa shape index (κ1) is 16.5. The Morgan fingerprint density at radius 2 is 1.75 bits per heavy atom. The quantitative estimate of drug-likeness (QED) is 0.726. The van der Waals surface area contributed by atoms with Gasteiger partial charge in [0.25, 0.3) is 11.8 Å². The lowest BCUT2D eigenvalue weighted by molar-refractivity contribution is -0.137. The van der Waals surface area contributed by atoms with E-state index in [-0.39, 0.29) is 24.5 Å². The fourth-order valence-electron chi connectivity index (χ4n) is 2.67. The molecule has 0 bridgehead atoms. The number of aryl methyl sites for hydroxylation is 2. The van der Waals surface area contributed by atoms with Crippen molar-refractivity contribution in [2.24, 2.45) is 14.1 Å². The summed E-state index contributed by atoms with van der Waals surface area (Å²) >= 11 is 3.41. The fraction of sp³-hybridized carbons (Fsp3) is 0.267. The lowest BCUT2D eigenvalue weighted by atomic mass is 10.2. The summed E-state index contributed by atoms with van der Waals surface area (Å²) in [6.45, 7) is -0.340. The Kier molecular flexibility index (Phi) is 4.06. The van der Waals surface area contributed by atoms with Crippen molar-refractivity contribution in [3.8, 4) is 0 Å². The van der Waals surface area contributed by atoms with Gasteiger partial charge in [-0.2, -0.15) is 0 Å². The highest BCUT2D eigenvalue weighted by atomic mass is 79.9. The third-order valence-electron chi connectivity index (χ3n) is 3.96. The molecule has 0 radical (unpaired) electrons. The van der Waals surface area contributed by atoms with Gasteiger partial charge in [0.1, 0.15) is 5.70 Å². The predicted molar refractivity (Wildman–Crippen MR) is 91.4 cm³/mol. The second-order valence-corrected chi connectivity index (χ2v) is 6.28. The first-order valence-electron chi connectivity index (χ1n) is 7.15. The maximum absolute atomic E-state index is 12.2. The molecule has 1 aliphatic heterocycles. The molecule has 2 aromatic rings. The number of imidazole rings is 1. The first-order valence-corrected chi connectivity index (χ1v) is 7.94. The second-order valence-electron chi connectivity index (χ2n) is 5.42. The van der Waals surface area contributed by atoms with Gasteiger partial charge in [0.05, 0.1) is 29.9 Å². The van der Waals surface area contributed by atoms with E-state index in [1.165, 1.54) is 15.2 Å². The minimum atomic E-state index is -0.497. The molecule has 0 spiro atoms. The Hall–Kier alpha value is -2.39. The Balaban J connectivity index is 2.00. The van der Waals surface area contributed by atoms with Crippen molar-refractivity contribution in [1.29, 1.82) is 0 Å². The lowest BCUT2D eigenvalue weighted by Crippen LogP contribution is -2.34. The Labute approximate surface area is 145 Å². The number of amides is 2. The van der Waals surface area contributed by atoms with Crippen molar-refractivity contribution in [3.63, 3.8) is 0 Å². The Morgan fingerprint density at radius 3 is 2.38 bits per heavy atom. The van der Waals surface area contributed by atoms with Crippen molar-refractivity contribution in [3.05, 3.63) is 38.9 Å². The van der Waals surface area contributed by atoms with Crippen LogP contribution in [0.4, 0.5) is 5.69 Å². The number of anilines is 1. The number of fused-ring (bicyclic) bond motifs is 1. The van der Waals surface area contributed by atoms with Crippen molar-refractivity contribution < 1.29 is 14.7 Å². The average molecular weight is 395 g/mol. The summed E-state index contributed by atoms with van der Waals surface area (Å²) < 4.78 is 3.68. The van der Waals surface area contributed by atoms with Gasteiger partial charge in [0.2, 0.25) is 0 Å². The minimum absolute atomic E-state index is 0.0489. The van der Waals surface area contributed by atoms with Gasteiger partial charge in [-0.05, 0) is 28.1 Å². The standard InChI is InChI=1S/C15H15BrN4O4/c1-18-11-5-8(16)9(6-12(11)19(2)15(18)24)17-10-7-13(22)20(3-4-21)14(10)23/h5-7,17,21H,3-4H2,1-2H3. The normalized spacial score (nSPS) is 14.7. The highest BCUT2D eigenvalue weighted by molar-refractivity contribution is 9.10. The number of aliphatic hydroxyl groups is 1. The fourth-order valence-corrected chi connectivity index (χ4v) is 3.10. The van der Waals surface area contributed by atoms with E-state index in [0.29, 0.717) is 15.7 Å². The van der Waals surface area contributed by atoms with E-state index in [9.17, 15) is 14.4 Å². The van der Waals surface area contributed by atoms with Gasteiger partial charge >= 0.3 is 5.69 Å². The van der Waals surface area contributed by atoms with Crippen molar-refractivity contribution in [1.82, 2.24) is 14.0 Å². The third kappa shape index (κ3) is 2.45. The van der Waals surface area contributed by atoms with Crippen LogP contribution >= 0.6 is 15.9 Å². The van der Waals surface area contributed by atoms with Gasteiger partial charge in [-0.25, -0.2) is 4.79 Å². The SMILES string of the molecule is Cn1c(=O)n(C)c2cc(NC3=CC(=O)N(CCO)C3=O)c(Br)cc21. The summed E-state index contributed by atoms with van der Waals surface area (Å²) in [4.78, 5) is 37.0. The van der Waals surface area contributed by atoms with Crippen LogP contribution in [0.1, 0.15) is 0 Å². The van der Waals surface area contributed by atoms with E-state index >= 15 is 0 Å². The van der Waals surface area contributed by atoms with Gasteiger partial charge < -0.3 is 10.4 Å². The minimum Gasteiger partial charge on any atom is -0.395 e. The van der Waals surface area contributed by atoms with Gasteiger partial charge in [0.15, 0.2) is 0 Å². The van der Waals surface area contributed by atoms with Crippen molar-refractivity contribution >= 4 is 44.5 Å². The van der Waals surface area contributed by atoms with Crippen LogP contribution in [0.15, 0.2) is 33.2 Å². The Morgan fingerprint density at radius 1 is 1.12 bits per heavy atom. The van der Waals surface area contributed by atoms with E-state index in [4.69, 9.17) is 5.11 Å². The van der Waals surface area contributed by atoms with Crippen LogP contribution in [0.5, 0.6) is 0 Å². The second kappa shape index (κ2) is 5.91. The molecular weight excluding hydrogens is 380 g/mol. The summed E-state index contributed by atoms with van der Waals surface area (Å²) in [5.41, 5.74) is 1.95. The lowest BCUT2D eigenvalue weighted by Gasteiger charge is -2.14. The molecule has 0 unspecified atom stereocenters. The number of β-amino-alcohol motifs (C(OH)–C–C–N with tert-alkyl or cyclic N) is 1. The molecule has 3 rings (SSSR count). The molecule has 9 heteroatoms. The van der Waals surface area contributed by atoms with E-state index < -0.39 is 11.8 Å². The molecule has 8 nitrogen and oxygen atoms in total. The number of benzene rings is 1. The number of imide groups is 1. The average Bonchev–Trinajstić information content (AvgIpc) is 2.92. The van der Waals surface area contributed by atoms with E-state index in [1.54, 1.807) is 26.2 Å². The topological polar surface area (TPSA) is 96.6 Å². The molecule has 0 aliphatic carbocycles. The molecule has 2 amide bonds. The largest absolute Gasteiger partial charge is 0.395 e. The number of nitrogens with zero attached hydrogens (tertiary/aromatic N) is 3. The van der Waals surface area contributed by atoms with Crippen LogP contribution in [0.2, 0.25) is 0 Å². The molecule has 0 atom stereocenters. The van der Waals surface area contributed by atoms with E-state index in [0.717, 1.165) is 10.4 Å². The molecule has 2 heterocycles. The van der Waals surface area contributed by atoms with Crippen molar-refractivity contribution in [2.75, 3.05) is 18.5 Å². The molecule has 1 aromatic heterocycles. The third-order valence-corrected chi connectivity index (χ3v) is 4.62. The molecule has 0 saturated heterocycles. The highest BCUT2D eigenvalue weighted by Gasteiger charge is 2.31. The number of aromatic nitrogens is 2. The maximum Gasteiger partial charge on any atom is 0.328 e. The first-order chi connectivity index (χ1) is 11.3. The van der Waals surface area contributed by atoms with Gasteiger partial charge in [-0.1, -0.05) is 0 Å². The summed E-state index contributed by atoms with van der Waals surface area (Å²) in [7, 11) is 3.34. The zero-order valence-electron chi connectivity index (χ0n) is 13.0. The van der Waals surface area contributed by atoms with Crippen LogP contribution < -0.4 is 11.0 Å². The number of hydrogen-bond donors (Lipinski definition) is 2. The molecule has 24 heavy (non-hydrogen) atoms. The molecule has 1 aromatic carbocycles. The summed E-state index contributed by atoms with van der Waals surface area (Å²) in [5.74, 6) is -0.969. The number of aliphatic hydroxyl groups excluding tert-OH is 1. The summed E-state index contributed by atoms with van der Waals surface area (Å²) in [6, 6.07) is 3.50. The molecule has 0 saturated carbocycles. The number of carbonyl (C=O) groups excluding carboxylic acids is 2. The number of halogens is 1. The molecule has 2 N–H and O–H groups in total. The molecule has 126 valence electrons.